The van der Waals surface area contributed by atoms with Crippen molar-refractivity contribution in [1.29, 1.82) is 0 Å². The van der Waals surface area contributed by atoms with Gasteiger partial charge in [-0.15, -0.1) is 0 Å². The molecule has 0 saturated carbocycles. The SMILES string of the molecule is CN1CCC(c2cc(-c3ccc(-c4ccn(-c5ccc(F)cc5)c(=O)c4C(N)=O)cc3)c3c(N)ncnn23)CC1. The lowest BCUT2D eigenvalue weighted by atomic mass is 9.93. The van der Waals surface area contributed by atoms with Gasteiger partial charge in [-0.2, -0.15) is 5.10 Å². The molecule has 4 N–H and O–H groups in total. The van der Waals surface area contributed by atoms with Gasteiger partial charge in [0.1, 0.15) is 23.2 Å². The van der Waals surface area contributed by atoms with Gasteiger partial charge >= 0.3 is 0 Å². The molecule has 9 nitrogen and oxygen atoms in total. The minimum absolute atomic E-state index is 0.143. The number of benzene rings is 2. The van der Waals surface area contributed by atoms with E-state index in [4.69, 9.17) is 11.5 Å². The van der Waals surface area contributed by atoms with Crippen LogP contribution in [-0.2, 0) is 0 Å². The van der Waals surface area contributed by atoms with Gasteiger partial charge in [-0.3, -0.25) is 14.2 Å². The first-order valence-electron chi connectivity index (χ1n) is 13.0. The molecule has 4 heterocycles. The summed E-state index contributed by atoms with van der Waals surface area (Å²) in [4.78, 5) is 32.2. The average Bonchev–Trinajstić information content (AvgIpc) is 3.35. The van der Waals surface area contributed by atoms with Crippen LogP contribution in [0.2, 0.25) is 0 Å². The number of hydrogen-bond acceptors (Lipinski definition) is 6. The first-order chi connectivity index (χ1) is 19.3. The van der Waals surface area contributed by atoms with E-state index >= 15 is 0 Å². The number of primary amides is 1. The van der Waals surface area contributed by atoms with Gasteiger partial charge in [-0.1, -0.05) is 24.3 Å². The second-order valence-electron chi connectivity index (χ2n) is 10.2. The van der Waals surface area contributed by atoms with Crippen LogP contribution in [0.15, 0.2) is 78.0 Å². The molecule has 202 valence electrons. The Balaban J connectivity index is 1.41. The Labute approximate surface area is 229 Å². The van der Waals surface area contributed by atoms with Gasteiger partial charge in [0.15, 0.2) is 5.82 Å². The Hall–Kier alpha value is -4.83. The number of halogens is 1. The van der Waals surface area contributed by atoms with Crippen LogP contribution in [0.25, 0.3) is 33.5 Å². The molecule has 1 fully saturated rings. The van der Waals surface area contributed by atoms with Crippen molar-refractivity contribution in [3.8, 4) is 27.9 Å². The van der Waals surface area contributed by atoms with Gasteiger partial charge in [0.05, 0.1) is 0 Å². The summed E-state index contributed by atoms with van der Waals surface area (Å²) in [5, 5.41) is 4.53. The molecule has 0 unspecified atom stereocenters. The van der Waals surface area contributed by atoms with E-state index in [9.17, 15) is 14.0 Å². The van der Waals surface area contributed by atoms with Crippen LogP contribution < -0.4 is 17.0 Å². The van der Waals surface area contributed by atoms with Crippen LogP contribution in [0, 0.1) is 5.82 Å². The lowest BCUT2D eigenvalue weighted by Gasteiger charge is -2.28. The monoisotopic (exact) mass is 537 g/mol. The number of anilines is 1. The molecule has 6 rings (SSSR count). The van der Waals surface area contributed by atoms with E-state index in [0.29, 0.717) is 28.6 Å². The Morgan fingerprint density at radius 3 is 2.27 bits per heavy atom. The van der Waals surface area contributed by atoms with Crippen molar-refractivity contribution in [2.24, 2.45) is 5.73 Å². The molecule has 3 aromatic heterocycles. The molecule has 1 saturated heterocycles. The summed E-state index contributed by atoms with van der Waals surface area (Å²) in [7, 11) is 2.13. The van der Waals surface area contributed by atoms with Crippen molar-refractivity contribution < 1.29 is 9.18 Å². The zero-order chi connectivity index (χ0) is 28.0. The largest absolute Gasteiger partial charge is 0.382 e. The number of pyridine rings is 1. The fraction of sp³-hybridized carbons (Fsp3) is 0.200. The van der Waals surface area contributed by atoms with Crippen molar-refractivity contribution >= 4 is 17.2 Å². The van der Waals surface area contributed by atoms with E-state index in [0.717, 1.165) is 48.3 Å². The molecule has 0 radical (unpaired) electrons. The Morgan fingerprint density at radius 1 is 0.975 bits per heavy atom. The number of piperidine rings is 1. The minimum atomic E-state index is -0.841. The molecule has 10 heteroatoms. The van der Waals surface area contributed by atoms with E-state index in [1.165, 1.54) is 35.2 Å². The molecule has 0 atom stereocenters. The Bertz CT molecular complexity index is 1780. The lowest BCUT2D eigenvalue weighted by molar-refractivity contribution is 0.0999. The smallest absolute Gasteiger partial charge is 0.268 e. The molecule has 1 aliphatic heterocycles. The summed E-state index contributed by atoms with van der Waals surface area (Å²) in [6.45, 7) is 2.04. The lowest BCUT2D eigenvalue weighted by Crippen LogP contribution is -2.29. The number of aromatic nitrogens is 4. The zero-order valence-electron chi connectivity index (χ0n) is 21.9. The fourth-order valence-corrected chi connectivity index (χ4v) is 5.56. The topological polar surface area (TPSA) is 125 Å². The van der Waals surface area contributed by atoms with Crippen molar-refractivity contribution in [2.45, 2.75) is 18.8 Å². The number of nitrogen functional groups attached to an aromatic ring is 1. The van der Waals surface area contributed by atoms with Crippen molar-refractivity contribution in [3.63, 3.8) is 0 Å². The van der Waals surface area contributed by atoms with E-state index in [2.05, 4.69) is 28.1 Å². The van der Waals surface area contributed by atoms with Gasteiger partial charge in [-0.05, 0) is 80.5 Å². The summed E-state index contributed by atoms with van der Waals surface area (Å²) < 4.78 is 16.6. The number of fused-ring (bicyclic) bond motifs is 1. The Kier molecular flexibility index (Phi) is 6.39. The van der Waals surface area contributed by atoms with Crippen LogP contribution in [0.5, 0.6) is 0 Å². The molecule has 5 aromatic rings. The van der Waals surface area contributed by atoms with Gasteiger partial charge in [-0.25, -0.2) is 13.9 Å². The van der Waals surface area contributed by atoms with Crippen LogP contribution in [-0.4, -0.2) is 50.1 Å². The molecule has 0 spiro atoms. The first kappa shape index (κ1) is 25.4. The van der Waals surface area contributed by atoms with E-state index in [1.807, 2.05) is 28.8 Å². The normalized spacial score (nSPS) is 14.6. The second-order valence-corrected chi connectivity index (χ2v) is 10.2. The van der Waals surface area contributed by atoms with Crippen molar-refractivity contribution in [3.05, 3.63) is 101 Å². The van der Waals surface area contributed by atoms with E-state index in [1.54, 1.807) is 12.3 Å². The highest BCUT2D eigenvalue weighted by molar-refractivity contribution is 5.99. The number of likely N-dealkylation sites (tertiary alicyclic amines) is 1. The number of hydrogen-bond donors (Lipinski definition) is 2. The third-order valence-electron chi connectivity index (χ3n) is 7.70. The molecule has 40 heavy (non-hydrogen) atoms. The number of nitrogens with zero attached hydrogens (tertiary/aromatic N) is 5. The average molecular weight is 538 g/mol. The highest BCUT2D eigenvalue weighted by atomic mass is 19.1. The second kappa shape index (κ2) is 10.0. The van der Waals surface area contributed by atoms with Crippen LogP contribution in [0.3, 0.4) is 0 Å². The summed E-state index contributed by atoms with van der Waals surface area (Å²) in [6.07, 6.45) is 5.10. The zero-order valence-corrected chi connectivity index (χ0v) is 21.9. The third kappa shape index (κ3) is 4.42. The fourth-order valence-electron chi connectivity index (χ4n) is 5.56. The summed E-state index contributed by atoms with van der Waals surface area (Å²) in [5.74, 6) is -0.511. The van der Waals surface area contributed by atoms with E-state index < -0.39 is 17.3 Å². The minimum Gasteiger partial charge on any atom is -0.382 e. The molecular formula is C30H28FN7O2. The molecule has 0 bridgehead atoms. The standard InChI is InChI=1S/C30H28FN7O2/c1-36-13-10-20(11-14-36)25-16-24(27-28(32)34-17-35-38(25)27)19-4-2-18(3-5-19)23-12-15-37(30(40)26(23)29(33)39)22-8-6-21(31)7-9-22/h2-9,12,15-17,20H,10-11,13-14H2,1H3,(H2,33,39)(H2,32,34,35). The van der Waals surface area contributed by atoms with Crippen molar-refractivity contribution in [1.82, 2.24) is 24.1 Å². The number of nitrogens with two attached hydrogens (primary N) is 2. The number of carbonyl (C=O) groups excluding carboxylic acids is 1. The predicted octanol–water partition coefficient (Wildman–Crippen LogP) is 3.84. The third-order valence-corrected chi connectivity index (χ3v) is 7.70. The summed E-state index contributed by atoms with van der Waals surface area (Å²) in [5.41, 5.74) is 16.5. The maximum atomic E-state index is 13.4. The maximum Gasteiger partial charge on any atom is 0.268 e. The van der Waals surface area contributed by atoms with Crippen molar-refractivity contribution in [2.75, 3.05) is 25.9 Å². The molecule has 0 aliphatic carbocycles. The number of amides is 1. The van der Waals surface area contributed by atoms with Gasteiger partial charge in [0, 0.05) is 34.6 Å². The molecule has 1 aliphatic rings. The first-order valence-corrected chi connectivity index (χ1v) is 13.0. The van der Waals surface area contributed by atoms with Gasteiger partial charge in [0.2, 0.25) is 0 Å². The van der Waals surface area contributed by atoms with E-state index in [-0.39, 0.29) is 5.56 Å². The molecule has 2 aromatic carbocycles. The summed E-state index contributed by atoms with van der Waals surface area (Å²) >= 11 is 0. The van der Waals surface area contributed by atoms with Gasteiger partial charge in [0.25, 0.3) is 11.5 Å². The van der Waals surface area contributed by atoms with Crippen LogP contribution >= 0.6 is 0 Å². The Morgan fingerprint density at radius 2 is 1.62 bits per heavy atom. The highest BCUT2D eigenvalue weighted by Crippen LogP contribution is 2.37. The molecule has 1 amide bonds. The number of carbonyl (C=O) groups is 1. The predicted molar refractivity (Wildman–Crippen MR) is 152 cm³/mol. The highest BCUT2D eigenvalue weighted by Gasteiger charge is 2.25. The quantitative estimate of drug-likeness (QED) is 0.351. The van der Waals surface area contributed by atoms with Gasteiger partial charge < -0.3 is 16.4 Å². The summed E-state index contributed by atoms with van der Waals surface area (Å²) in [6, 6.07) is 16.8. The van der Waals surface area contributed by atoms with Crippen LogP contribution in [0.1, 0.15) is 34.8 Å². The maximum absolute atomic E-state index is 13.4. The van der Waals surface area contributed by atoms with Crippen LogP contribution in [0.4, 0.5) is 10.2 Å². The number of rotatable bonds is 5. The molecular weight excluding hydrogens is 509 g/mol.